The number of carbonyl (C=O) groups excluding carboxylic acids is 1. The van der Waals surface area contributed by atoms with Gasteiger partial charge in [-0.2, -0.15) is 0 Å². The Morgan fingerprint density at radius 2 is 2.00 bits per heavy atom. The van der Waals surface area contributed by atoms with Gasteiger partial charge in [-0.25, -0.2) is 0 Å². The lowest BCUT2D eigenvalue weighted by atomic mass is 10.2. The zero-order chi connectivity index (χ0) is 6.69. The van der Waals surface area contributed by atoms with Gasteiger partial charge in [0.15, 0.2) is 0 Å². The molecule has 3 nitrogen and oxygen atoms in total. The zero-order valence-electron chi connectivity index (χ0n) is 5.68. The molecule has 1 heterocycles. The largest absolute Gasteiger partial charge is 0.340 e. The first-order valence-corrected chi connectivity index (χ1v) is 3.27. The van der Waals surface area contributed by atoms with E-state index in [4.69, 9.17) is 0 Å². The van der Waals surface area contributed by atoms with Crippen LogP contribution in [0.1, 0.15) is 6.92 Å². The maximum Gasteiger partial charge on any atom is 0.219 e. The average molecular weight is 127 g/mol. The van der Waals surface area contributed by atoms with Crippen molar-refractivity contribution < 1.29 is 4.79 Å². The molecular formula is C6H12N2O. The number of hydrogen-bond acceptors (Lipinski definition) is 2. The van der Waals surface area contributed by atoms with Gasteiger partial charge in [-0.05, 0) is 0 Å². The maximum atomic E-state index is 10.7. The number of nitrogens with zero attached hydrogens (tertiary/aromatic N) is 1. The van der Waals surface area contributed by atoms with Crippen LogP contribution in [0.15, 0.2) is 0 Å². The third kappa shape index (κ3) is 1.68. The lowest BCUT2D eigenvalue weighted by Gasteiger charge is -2.25. The quantitative estimate of drug-likeness (QED) is 0.473. The minimum Gasteiger partial charge on any atom is -0.340 e. The van der Waals surface area contributed by atoms with Gasteiger partial charge < -0.3 is 10.2 Å². The minimum absolute atomic E-state index is 0.191. The van der Waals surface area contributed by atoms with Gasteiger partial charge in [0.25, 0.3) is 0 Å². The fourth-order valence-corrected chi connectivity index (χ4v) is 0.980. The number of carbonyl (C=O) groups is 1. The Balaban J connectivity index is 2.31. The molecule has 1 rings (SSSR count). The van der Waals surface area contributed by atoms with E-state index in [1.807, 2.05) is 4.90 Å². The third-order valence-corrected chi connectivity index (χ3v) is 1.56. The zero-order valence-corrected chi connectivity index (χ0v) is 5.68. The van der Waals surface area contributed by atoms with Crippen LogP contribution >= 0.6 is 0 Å². The highest BCUT2D eigenvalue weighted by Crippen LogP contribution is 1.90. The van der Waals surface area contributed by atoms with Crippen LogP contribution in [-0.4, -0.2) is 37.0 Å². The van der Waals surface area contributed by atoms with E-state index in [1.165, 1.54) is 0 Å². The van der Waals surface area contributed by atoms with Gasteiger partial charge in [0, 0.05) is 33.1 Å². The maximum absolute atomic E-state index is 10.7. The second kappa shape index (κ2) is 2.82. The molecule has 3 heteroatoms. The fourth-order valence-electron chi connectivity index (χ4n) is 0.980. The van der Waals surface area contributed by atoms with E-state index in [1.54, 1.807) is 6.92 Å². The van der Waals surface area contributed by atoms with Gasteiger partial charge in [0.05, 0.1) is 0 Å². The predicted molar refractivity (Wildman–Crippen MR) is 35.1 cm³/mol. The van der Waals surface area contributed by atoms with Crippen LogP contribution in [0.2, 0.25) is 0 Å². The summed E-state index contributed by atoms with van der Waals surface area (Å²) in [7, 11) is 0. The van der Waals surface area contributed by atoms with E-state index in [2.05, 4.69) is 5.32 Å². The second-order valence-electron chi connectivity index (χ2n) is 2.26. The second-order valence-corrected chi connectivity index (χ2v) is 2.26. The Morgan fingerprint density at radius 3 is 2.33 bits per heavy atom. The van der Waals surface area contributed by atoms with E-state index < -0.39 is 0 Å². The Kier molecular flexibility index (Phi) is 2.05. The molecule has 1 aliphatic rings. The molecule has 0 aromatic heterocycles. The molecule has 1 saturated heterocycles. The van der Waals surface area contributed by atoms with Crippen molar-refractivity contribution in [3.8, 4) is 0 Å². The van der Waals surface area contributed by atoms with Gasteiger partial charge in [0.2, 0.25) is 5.91 Å². The summed E-state index contributed by atoms with van der Waals surface area (Å²) in [5.74, 6) is 0.191. The highest BCUT2D eigenvalue weighted by atomic mass is 16.1. The lowest BCUT2D eigenvalue weighted by molar-refractivity contribution is -0.129. The van der Waals surface area contributed by atoms with Crippen LogP contribution in [0.4, 0.5) is 0 Å². The summed E-state index contributed by atoms with van der Waals surface area (Å²) < 4.78 is 0. The fraction of sp³-hybridized carbons (Fsp3) is 0.833. The molecule has 9 heavy (non-hydrogen) atoms. The Bertz CT molecular complexity index is 108. The van der Waals surface area contributed by atoms with E-state index in [-0.39, 0.29) is 5.91 Å². The first-order chi connectivity index (χ1) is 4.30. The molecule has 52 valence electrons. The summed E-state index contributed by atoms with van der Waals surface area (Å²) >= 11 is 0. The van der Waals surface area contributed by atoms with Crippen LogP contribution in [-0.2, 0) is 4.79 Å². The molecule has 1 amide bonds. The number of amides is 1. The van der Waals surface area contributed by atoms with Crippen LogP contribution in [0.5, 0.6) is 0 Å². The summed E-state index contributed by atoms with van der Waals surface area (Å²) in [6, 6.07) is 0. The van der Waals surface area contributed by atoms with E-state index in [0.717, 1.165) is 26.2 Å². The van der Waals surface area contributed by atoms with Crippen molar-refractivity contribution in [3.05, 3.63) is 0 Å². The number of rotatable bonds is 0. The molecule has 0 aliphatic carbocycles. The van der Waals surface area contributed by atoms with E-state index in [9.17, 15) is 4.79 Å². The molecule has 0 bridgehead atoms. The number of hydrogen-bond donors (Lipinski definition) is 1. The van der Waals surface area contributed by atoms with Crippen LogP contribution in [0, 0.1) is 0 Å². The number of piperazine rings is 1. The Hall–Kier alpha value is -0.570. The van der Waals surface area contributed by atoms with Crippen molar-refractivity contribution in [1.29, 1.82) is 0 Å². The molecular weight excluding hydrogens is 115 g/mol. The predicted octanol–water partition coefficient (Wildman–Crippen LogP) is -0.562. The first kappa shape index (κ1) is 6.55. The van der Waals surface area contributed by atoms with E-state index >= 15 is 0 Å². The topological polar surface area (TPSA) is 32.3 Å². The molecule has 0 unspecified atom stereocenters. The molecule has 1 N–H and O–H groups in total. The molecule has 0 atom stereocenters. The van der Waals surface area contributed by atoms with Gasteiger partial charge in [-0.15, -0.1) is 0 Å². The molecule has 1 fully saturated rings. The summed E-state index contributed by atoms with van der Waals surface area (Å²) in [5, 5.41) is 3.18. The van der Waals surface area contributed by atoms with Crippen LogP contribution in [0.25, 0.3) is 0 Å². The van der Waals surface area contributed by atoms with Gasteiger partial charge in [0.1, 0.15) is 0 Å². The van der Waals surface area contributed by atoms with Gasteiger partial charge in [-0.1, -0.05) is 0 Å². The number of nitrogens with one attached hydrogen (secondary N) is 1. The molecule has 1 aliphatic heterocycles. The summed E-state index contributed by atoms with van der Waals surface area (Å²) in [6.07, 6.45) is 0. The lowest BCUT2D eigenvalue weighted by Crippen LogP contribution is -2.45. The SMILES string of the molecule is [11CH3]C(=O)N1CCNCC1. The van der Waals surface area contributed by atoms with Crippen molar-refractivity contribution >= 4 is 5.91 Å². The molecule has 0 radical (unpaired) electrons. The van der Waals surface area contributed by atoms with Crippen molar-refractivity contribution in [2.45, 2.75) is 6.92 Å². The summed E-state index contributed by atoms with van der Waals surface area (Å²) in [6.45, 7) is 5.25. The van der Waals surface area contributed by atoms with Gasteiger partial charge in [-0.3, -0.25) is 4.79 Å². The minimum atomic E-state index is 0.191. The Labute approximate surface area is 55.0 Å². The highest BCUT2D eigenvalue weighted by molar-refractivity contribution is 5.73. The van der Waals surface area contributed by atoms with Crippen LogP contribution in [0.3, 0.4) is 0 Å². The smallest absolute Gasteiger partial charge is 0.219 e. The first-order valence-electron chi connectivity index (χ1n) is 3.27. The standard InChI is InChI=1S/C6H12N2O/c1-6(9)8-4-2-7-3-5-8/h7H,2-5H2,1H3/i1-1. The highest BCUT2D eigenvalue weighted by Gasteiger charge is 2.10. The molecule has 0 aromatic carbocycles. The molecule has 0 aromatic rings. The Morgan fingerprint density at radius 1 is 1.44 bits per heavy atom. The van der Waals surface area contributed by atoms with Crippen molar-refractivity contribution in [1.82, 2.24) is 10.2 Å². The van der Waals surface area contributed by atoms with Gasteiger partial charge >= 0.3 is 0 Å². The van der Waals surface area contributed by atoms with Crippen molar-refractivity contribution in [3.63, 3.8) is 0 Å². The van der Waals surface area contributed by atoms with Crippen molar-refractivity contribution in [2.75, 3.05) is 26.2 Å². The molecule has 0 saturated carbocycles. The third-order valence-electron chi connectivity index (χ3n) is 1.56. The monoisotopic (exact) mass is 127 g/mol. The summed E-state index contributed by atoms with van der Waals surface area (Å²) in [5.41, 5.74) is 0. The normalized spacial score (nSPS) is 19.9. The molecule has 0 spiro atoms. The van der Waals surface area contributed by atoms with Crippen LogP contribution < -0.4 is 5.32 Å². The van der Waals surface area contributed by atoms with E-state index in [0.29, 0.717) is 0 Å². The average Bonchev–Trinajstić information content (AvgIpc) is 1.90. The van der Waals surface area contributed by atoms with Crippen molar-refractivity contribution in [2.24, 2.45) is 0 Å². The summed E-state index contributed by atoms with van der Waals surface area (Å²) in [4.78, 5) is 12.6.